The Morgan fingerprint density at radius 2 is 1.80 bits per heavy atom. The van der Waals surface area contributed by atoms with E-state index in [1.165, 1.54) is 0 Å². The van der Waals surface area contributed by atoms with Crippen LogP contribution in [0.2, 0.25) is 0 Å². The molecule has 184 valence electrons. The highest BCUT2D eigenvalue weighted by atomic mass is 32.2. The molecule has 0 unspecified atom stereocenters. The Morgan fingerprint density at radius 3 is 2.34 bits per heavy atom. The predicted molar refractivity (Wildman–Crippen MR) is 140 cm³/mol. The number of benzene rings is 2. The second-order valence-electron chi connectivity index (χ2n) is 9.00. The van der Waals surface area contributed by atoms with Gasteiger partial charge in [0.1, 0.15) is 6.07 Å². The number of sulfonamides is 1. The molecule has 1 aliphatic carbocycles. The van der Waals surface area contributed by atoms with Gasteiger partial charge in [-0.05, 0) is 69.4 Å². The first kappa shape index (κ1) is 24.8. The third-order valence-corrected chi connectivity index (χ3v) is 8.25. The highest BCUT2D eigenvalue weighted by Crippen LogP contribution is 2.43. The van der Waals surface area contributed by atoms with Gasteiger partial charge in [-0.25, -0.2) is 8.42 Å². The van der Waals surface area contributed by atoms with Gasteiger partial charge in [-0.15, -0.1) is 0 Å². The quantitative estimate of drug-likeness (QED) is 0.424. The molecule has 0 bridgehead atoms. The summed E-state index contributed by atoms with van der Waals surface area (Å²) in [7, 11) is -3.38. The Hall–Kier alpha value is -3.31. The van der Waals surface area contributed by atoms with Gasteiger partial charge in [0, 0.05) is 35.8 Å². The average molecular weight is 493 g/mol. The third-order valence-electron chi connectivity index (χ3n) is 6.76. The van der Waals surface area contributed by atoms with Gasteiger partial charge < -0.3 is 9.47 Å². The topological polar surface area (TPSA) is 95.2 Å². The van der Waals surface area contributed by atoms with Crippen LogP contribution in [0.1, 0.15) is 68.4 Å². The molecule has 35 heavy (non-hydrogen) atoms. The van der Waals surface area contributed by atoms with E-state index in [2.05, 4.69) is 15.4 Å². The van der Waals surface area contributed by atoms with E-state index < -0.39 is 10.0 Å². The van der Waals surface area contributed by atoms with Crippen molar-refractivity contribution in [1.82, 2.24) is 9.47 Å². The SMILES string of the molecule is CCCS(=O)(=O)Nc1ccc(-c2c(C#N)c3ccc(C(=O)N(CC)CC)cc3n2C2CCC2)cc1. The molecule has 1 amide bonds. The zero-order chi connectivity index (χ0) is 25.2. The van der Waals surface area contributed by atoms with Crippen LogP contribution in [-0.4, -0.2) is 42.6 Å². The molecule has 0 atom stereocenters. The van der Waals surface area contributed by atoms with Crippen LogP contribution in [0.5, 0.6) is 0 Å². The van der Waals surface area contributed by atoms with Gasteiger partial charge in [0.25, 0.3) is 5.91 Å². The molecule has 2 aromatic carbocycles. The van der Waals surface area contributed by atoms with Crippen LogP contribution in [0.3, 0.4) is 0 Å². The molecule has 8 heteroatoms. The van der Waals surface area contributed by atoms with Gasteiger partial charge in [-0.2, -0.15) is 5.26 Å². The second kappa shape index (κ2) is 10.1. The Labute approximate surface area is 207 Å². The van der Waals surface area contributed by atoms with Crippen LogP contribution < -0.4 is 4.72 Å². The van der Waals surface area contributed by atoms with Crippen LogP contribution in [0.15, 0.2) is 42.5 Å². The first-order valence-electron chi connectivity index (χ1n) is 12.3. The van der Waals surface area contributed by atoms with Gasteiger partial charge in [0.2, 0.25) is 10.0 Å². The number of amides is 1. The van der Waals surface area contributed by atoms with Crippen LogP contribution in [0.4, 0.5) is 5.69 Å². The molecule has 1 heterocycles. The Bertz CT molecular complexity index is 1380. The number of hydrogen-bond donors (Lipinski definition) is 1. The van der Waals surface area contributed by atoms with Crippen molar-refractivity contribution < 1.29 is 13.2 Å². The van der Waals surface area contributed by atoms with Crippen LogP contribution >= 0.6 is 0 Å². The van der Waals surface area contributed by atoms with Crippen molar-refractivity contribution in [3.05, 3.63) is 53.6 Å². The van der Waals surface area contributed by atoms with E-state index in [4.69, 9.17) is 0 Å². The molecule has 1 saturated carbocycles. The fraction of sp³-hybridized carbons (Fsp3) is 0.407. The fourth-order valence-electron chi connectivity index (χ4n) is 4.75. The molecular weight excluding hydrogens is 460 g/mol. The molecule has 1 fully saturated rings. The molecule has 7 nitrogen and oxygen atoms in total. The minimum absolute atomic E-state index is 0.0120. The highest BCUT2D eigenvalue weighted by molar-refractivity contribution is 7.92. The lowest BCUT2D eigenvalue weighted by Crippen LogP contribution is -2.30. The van der Waals surface area contributed by atoms with Gasteiger partial charge in [-0.1, -0.05) is 25.1 Å². The maximum atomic E-state index is 13.0. The number of rotatable bonds is 9. The van der Waals surface area contributed by atoms with Crippen LogP contribution in [-0.2, 0) is 10.0 Å². The second-order valence-corrected chi connectivity index (χ2v) is 10.8. The van der Waals surface area contributed by atoms with E-state index in [0.29, 0.717) is 36.3 Å². The number of nitrogens with zero attached hydrogens (tertiary/aromatic N) is 3. The lowest BCUT2D eigenvalue weighted by atomic mass is 9.92. The minimum atomic E-state index is -3.38. The Balaban J connectivity index is 1.83. The van der Waals surface area contributed by atoms with Gasteiger partial charge in [0.15, 0.2) is 0 Å². The maximum absolute atomic E-state index is 13.0. The Kier molecular flexibility index (Phi) is 7.18. The van der Waals surface area contributed by atoms with Crippen molar-refractivity contribution in [3.8, 4) is 17.3 Å². The first-order valence-corrected chi connectivity index (χ1v) is 14.0. The van der Waals surface area contributed by atoms with E-state index in [1.807, 2.05) is 51.1 Å². The summed E-state index contributed by atoms with van der Waals surface area (Å²) in [5.74, 6) is 0.0553. The monoisotopic (exact) mass is 492 g/mol. The number of aromatic nitrogens is 1. The summed E-state index contributed by atoms with van der Waals surface area (Å²) in [5.41, 5.74) is 4.26. The summed E-state index contributed by atoms with van der Waals surface area (Å²) in [6.07, 6.45) is 3.70. The molecule has 4 rings (SSSR count). The molecule has 0 saturated heterocycles. The van der Waals surface area contributed by atoms with E-state index >= 15 is 0 Å². The predicted octanol–water partition coefficient (Wildman–Crippen LogP) is 5.54. The fourth-order valence-corrected chi connectivity index (χ4v) is 5.89. The summed E-state index contributed by atoms with van der Waals surface area (Å²) in [6.45, 7) is 7.04. The summed E-state index contributed by atoms with van der Waals surface area (Å²) in [5, 5.41) is 11.0. The number of carbonyl (C=O) groups excluding carboxylic acids is 1. The number of nitrogens with one attached hydrogen (secondary N) is 1. The summed E-state index contributed by atoms with van der Waals surface area (Å²) < 4.78 is 29.1. The van der Waals surface area contributed by atoms with Crippen molar-refractivity contribution in [2.24, 2.45) is 0 Å². The normalized spacial score (nSPS) is 13.9. The maximum Gasteiger partial charge on any atom is 0.253 e. The molecule has 0 radical (unpaired) electrons. The van der Waals surface area contributed by atoms with Crippen LogP contribution in [0, 0.1) is 11.3 Å². The first-order chi connectivity index (χ1) is 16.8. The summed E-state index contributed by atoms with van der Waals surface area (Å²) in [6, 6.07) is 15.5. The minimum Gasteiger partial charge on any atom is -0.339 e. The average Bonchev–Trinajstić information content (AvgIpc) is 3.12. The van der Waals surface area contributed by atoms with Crippen molar-refractivity contribution >= 4 is 32.5 Å². The zero-order valence-electron chi connectivity index (χ0n) is 20.5. The van der Waals surface area contributed by atoms with Crippen molar-refractivity contribution in [2.45, 2.75) is 52.5 Å². The molecule has 1 aromatic heterocycles. The number of nitriles is 1. The van der Waals surface area contributed by atoms with Gasteiger partial charge in [0.05, 0.1) is 22.5 Å². The van der Waals surface area contributed by atoms with Crippen molar-refractivity contribution in [3.63, 3.8) is 0 Å². The van der Waals surface area contributed by atoms with Crippen molar-refractivity contribution in [2.75, 3.05) is 23.6 Å². The molecule has 1 N–H and O–H groups in total. The standard InChI is InChI=1S/C27H32N4O3S/c1-4-16-35(33,34)29-21-13-10-19(11-14-21)26-24(18-28)23-15-12-20(27(32)30(5-2)6-3)17-25(23)31(26)22-8-7-9-22/h10-15,17,22,29H,4-9,16H2,1-3H3. The number of anilines is 1. The Morgan fingerprint density at radius 1 is 1.11 bits per heavy atom. The molecule has 3 aromatic rings. The largest absolute Gasteiger partial charge is 0.339 e. The smallest absolute Gasteiger partial charge is 0.253 e. The van der Waals surface area contributed by atoms with E-state index in [1.54, 1.807) is 17.0 Å². The molecule has 0 spiro atoms. The number of carbonyl (C=O) groups is 1. The zero-order valence-corrected chi connectivity index (χ0v) is 21.4. The molecule has 1 aliphatic rings. The summed E-state index contributed by atoms with van der Waals surface area (Å²) >= 11 is 0. The summed E-state index contributed by atoms with van der Waals surface area (Å²) in [4.78, 5) is 14.8. The number of hydrogen-bond acceptors (Lipinski definition) is 4. The lowest BCUT2D eigenvalue weighted by Gasteiger charge is -2.30. The molecular formula is C27H32N4O3S. The number of fused-ring (bicyclic) bond motifs is 1. The van der Waals surface area contributed by atoms with E-state index in [-0.39, 0.29) is 17.7 Å². The van der Waals surface area contributed by atoms with Crippen LogP contribution in [0.25, 0.3) is 22.2 Å². The highest BCUT2D eigenvalue weighted by Gasteiger charge is 2.28. The van der Waals surface area contributed by atoms with Gasteiger partial charge in [-0.3, -0.25) is 9.52 Å². The van der Waals surface area contributed by atoms with Crippen molar-refractivity contribution in [1.29, 1.82) is 5.26 Å². The third kappa shape index (κ3) is 4.78. The van der Waals surface area contributed by atoms with E-state index in [0.717, 1.165) is 41.4 Å². The van der Waals surface area contributed by atoms with E-state index in [9.17, 15) is 18.5 Å². The lowest BCUT2D eigenvalue weighted by molar-refractivity contribution is 0.0773. The van der Waals surface area contributed by atoms with Gasteiger partial charge >= 0.3 is 0 Å². The molecule has 0 aliphatic heterocycles.